The van der Waals surface area contributed by atoms with E-state index in [1.54, 1.807) is 15.9 Å². The van der Waals surface area contributed by atoms with Gasteiger partial charge in [-0.2, -0.15) is 0 Å². The number of carbonyl (C=O) groups excluding carboxylic acids is 3. The molecule has 0 spiro atoms. The highest BCUT2D eigenvalue weighted by Crippen LogP contribution is 2.44. The molecule has 0 radical (unpaired) electrons. The molecular weight excluding hydrogens is 414 g/mol. The number of anilines is 1. The molecule has 5 rings (SSSR count). The summed E-state index contributed by atoms with van der Waals surface area (Å²) in [4.78, 5) is 42.3. The van der Waals surface area contributed by atoms with Crippen molar-refractivity contribution in [3.8, 4) is 0 Å². The van der Waals surface area contributed by atoms with E-state index in [1.807, 2.05) is 32.0 Å². The van der Waals surface area contributed by atoms with E-state index in [0.29, 0.717) is 24.1 Å². The normalized spacial score (nSPS) is 22.5. The van der Waals surface area contributed by atoms with Gasteiger partial charge < -0.3 is 10.2 Å². The van der Waals surface area contributed by atoms with Gasteiger partial charge in [0.15, 0.2) is 0 Å². The van der Waals surface area contributed by atoms with Gasteiger partial charge in [0.1, 0.15) is 5.66 Å². The SMILES string of the molecule is CC(NC(=O)CCN1C(=O)c2ccccc2N2C(=O)CCC12C)c1ccc2c(c1)CCCC2. The molecule has 3 aliphatic rings. The summed E-state index contributed by atoms with van der Waals surface area (Å²) in [7, 11) is 0. The van der Waals surface area contributed by atoms with Crippen molar-refractivity contribution in [3.63, 3.8) is 0 Å². The van der Waals surface area contributed by atoms with Crippen LogP contribution in [0.1, 0.15) is 79.0 Å². The minimum atomic E-state index is -0.729. The van der Waals surface area contributed by atoms with Crippen LogP contribution >= 0.6 is 0 Å². The van der Waals surface area contributed by atoms with Crippen LogP contribution in [-0.4, -0.2) is 34.8 Å². The quantitative estimate of drug-likeness (QED) is 0.752. The first kappa shape index (κ1) is 21.7. The van der Waals surface area contributed by atoms with Crippen LogP contribution in [0.2, 0.25) is 0 Å². The summed E-state index contributed by atoms with van der Waals surface area (Å²) in [5.41, 5.74) is 4.41. The third kappa shape index (κ3) is 3.71. The maximum atomic E-state index is 13.3. The Morgan fingerprint density at radius 3 is 2.64 bits per heavy atom. The van der Waals surface area contributed by atoms with E-state index < -0.39 is 5.66 Å². The molecule has 2 unspecified atom stereocenters. The van der Waals surface area contributed by atoms with Gasteiger partial charge in [0.2, 0.25) is 11.8 Å². The van der Waals surface area contributed by atoms with E-state index in [1.165, 1.54) is 24.0 Å². The maximum Gasteiger partial charge on any atom is 0.257 e. The van der Waals surface area contributed by atoms with Crippen molar-refractivity contribution in [2.75, 3.05) is 11.4 Å². The molecule has 1 saturated heterocycles. The molecule has 0 saturated carbocycles. The number of aryl methyl sites for hydroxylation is 2. The second kappa shape index (κ2) is 8.32. The Kier molecular flexibility index (Phi) is 5.47. The van der Waals surface area contributed by atoms with Crippen LogP contribution in [-0.2, 0) is 22.4 Å². The van der Waals surface area contributed by atoms with E-state index in [4.69, 9.17) is 0 Å². The minimum Gasteiger partial charge on any atom is -0.350 e. The molecule has 1 N–H and O–H groups in total. The number of amides is 3. The molecule has 2 aliphatic heterocycles. The summed E-state index contributed by atoms with van der Waals surface area (Å²) in [6.07, 6.45) is 5.89. The van der Waals surface area contributed by atoms with Crippen LogP contribution in [0.15, 0.2) is 42.5 Å². The Morgan fingerprint density at radius 2 is 1.82 bits per heavy atom. The van der Waals surface area contributed by atoms with Gasteiger partial charge in [0.05, 0.1) is 17.3 Å². The lowest BCUT2D eigenvalue weighted by molar-refractivity contribution is -0.122. The molecular formula is C27H31N3O3. The minimum absolute atomic E-state index is 0.0212. The lowest BCUT2D eigenvalue weighted by Gasteiger charge is -2.48. The standard InChI is InChI=1S/C27H31N3O3/c1-18(20-12-11-19-7-3-4-8-21(19)17-20)28-24(31)14-16-29-26(33)22-9-5-6-10-23(22)30-25(32)13-15-27(29,30)2/h5-6,9-12,17-18H,3-4,7-8,13-16H2,1-2H3,(H,28,31). The van der Waals surface area contributed by atoms with Gasteiger partial charge in [-0.15, -0.1) is 0 Å². The summed E-state index contributed by atoms with van der Waals surface area (Å²) >= 11 is 0. The molecule has 1 aliphatic carbocycles. The second-order valence-electron chi connectivity index (χ2n) is 9.69. The lowest BCUT2D eigenvalue weighted by atomic mass is 9.89. The first-order valence-corrected chi connectivity index (χ1v) is 12.0. The average Bonchev–Trinajstić information content (AvgIpc) is 3.13. The number of carbonyl (C=O) groups is 3. The second-order valence-corrected chi connectivity index (χ2v) is 9.69. The predicted molar refractivity (Wildman–Crippen MR) is 127 cm³/mol. The van der Waals surface area contributed by atoms with Gasteiger partial charge in [0, 0.05) is 19.4 Å². The van der Waals surface area contributed by atoms with E-state index in [9.17, 15) is 14.4 Å². The molecule has 33 heavy (non-hydrogen) atoms. The Hall–Kier alpha value is -3.15. The number of nitrogens with zero attached hydrogens (tertiary/aromatic N) is 2. The first-order chi connectivity index (χ1) is 15.9. The molecule has 2 atom stereocenters. The molecule has 0 bridgehead atoms. The zero-order valence-corrected chi connectivity index (χ0v) is 19.4. The van der Waals surface area contributed by atoms with Crippen molar-refractivity contribution < 1.29 is 14.4 Å². The predicted octanol–water partition coefficient (Wildman–Crippen LogP) is 4.13. The molecule has 3 amide bonds. The molecule has 2 aromatic carbocycles. The Morgan fingerprint density at radius 1 is 1.06 bits per heavy atom. The summed E-state index contributed by atoms with van der Waals surface area (Å²) in [5, 5.41) is 3.10. The fourth-order valence-corrected chi connectivity index (χ4v) is 5.67. The smallest absolute Gasteiger partial charge is 0.257 e. The summed E-state index contributed by atoms with van der Waals surface area (Å²) in [6.45, 7) is 4.21. The number of hydrogen-bond donors (Lipinski definition) is 1. The van der Waals surface area contributed by atoms with Gasteiger partial charge in [-0.05, 0) is 74.8 Å². The van der Waals surface area contributed by atoms with E-state index >= 15 is 0 Å². The van der Waals surface area contributed by atoms with Gasteiger partial charge in [-0.1, -0.05) is 30.3 Å². The Bertz CT molecular complexity index is 1130. The van der Waals surface area contributed by atoms with Crippen molar-refractivity contribution in [2.24, 2.45) is 0 Å². The van der Waals surface area contributed by atoms with Crippen molar-refractivity contribution in [3.05, 3.63) is 64.7 Å². The monoisotopic (exact) mass is 445 g/mol. The number of hydrogen-bond acceptors (Lipinski definition) is 3. The summed E-state index contributed by atoms with van der Waals surface area (Å²) < 4.78 is 0. The van der Waals surface area contributed by atoms with Gasteiger partial charge in [-0.3, -0.25) is 19.3 Å². The van der Waals surface area contributed by atoms with Crippen LogP contribution in [0.25, 0.3) is 0 Å². The molecule has 0 aromatic heterocycles. The van der Waals surface area contributed by atoms with Gasteiger partial charge in [-0.25, -0.2) is 0 Å². The number of para-hydroxylation sites is 1. The van der Waals surface area contributed by atoms with Crippen LogP contribution in [0.3, 0.4) is 0 Å². The highest BCUT2D eigenvalue weighted by Gasteiger charge is 2.52. The highest BCUT2D eigenvalue weighted by molar-refractivity contribution is 6.10. The van der Waals surface area contributed by atoms with Crippen molar-refractivity contribution in [1.82, 2.24) is 10.2 Å². The summed E-state index contributed by atoms with van der Waals surface area (Å²) in [5.74, 6) is -0.186. The molecule has 6 heteroatoms. The first-order valence-electron chi connectivity index (χ1n) is 12.0. The molecule has 2 heterocycles. The third-order valence-corrected chi connectivity index (χ3v) is 7.56. The summed E-state index contributed by atoms with van der Waals surface area (Å²) in [6, 6.07) is 13.7. The lowest BCUT2D eigenvalue weighted by Crippen LogP contribution is -2.62. The fraction of sp³-hybridized carbons (Fsp3) is 0.444. The molecule has 2 aromatic rings. The maximum absolute atomic E-state index is 13.3. The van der Waals surface area contributed by atoms with Crippen molar-refractivity contribution >= 4 is 23.4 Å². The van der Waals surface area contributed by atoms with E-state index in [0.717, 1.165) is 18.4 Å². The zero-order chi connectivity index (χ0) is 23.2. The Balaban J connectivity index is 1.28. The molecule has 1 fully saturated rings. The van der Waals surface area contributed by atoms with Crippen molar-refractivity contribution in [2.45, 2.75) is 70.5 Å². The van der Waals surface area contributed by atoms with Crippen LogP contribution < -0.4 is 10.2 Å². The van der Waals surface area contributed by atoms with Crippen LogP contribution in [0.4, 0.5) is 5.69 Å². The number of benzene rings is 2. The topological polar surface area (TPSA) is 69.7 Å². The van der Waals surface area contributed by atoms with E-state index in [-0.39, 0.29) is 36.7 Å². The number of rotatable bonds is 5. The fourth-order valence-electron chi connectivity index (χ4n) is 5.67. The number of fused-ring (bicyclic) bond motifs is 4. The number of nitrogens with one attached hydrogen (secondary N) is 1. The molecule has 6 nitrogen and oxygen atoms in total. The Labute approximate surface area is 194 Å². The van der Waals surface area contributed by atoms with Gasteiger partial charge >= 0.3 is 0 Å². The molecule has 172 valence electrons. The van der Waals surface area contributed by atoms with Crippen LogP contribution in [0.5, 0.6) is 0 Å². The van der Waals surface area contributed by atoms with Crippen LogP contribution in [0, 0.1) is 0 Å². The van der Waals surface area contributed by atoms with Crippen molar-refractivity contribution in [1.29, 1.82) is 0 Å². The third-order valence-electron chi connectivity index (χ3n) is 7.56. The van der Waals surface area contributed by atoms with E-state index in [2.05, 4.69) is 23.5 Å². The van der Waals surface area contributed by atoms with Gasteiger partial charge in [0.25, 0.3) is 5.91 Å². The average molecular weight is 446 g/mol. The highest BCUT2D eigenvalue weighted by atomic mass is 16.2. The zero-order valence-electron chi connectivity index (χ0n) is 19.4. The largest absolute Gasteiger partial charge is 0.350 e.